The van der Waals surface area contributed by atoms with Gasteiger partial charge in [0, 0.05) is 12.1 Å². The number of carbonyl (C=O) groups is 2. The van der Waals surface area contributed by atoms with Crippen LogP contribution in [0.4, 0.5) is 0 Å². The number of fused-ring (bicyclic) bond motifs is 1. The Morgan fingerprint density at radius 2 is 1.90 bits per heavy atom. The van der Waals surface area contributed by atoms with Crippen LogP contribution in [0.1, 0.15) is 49.4 Å². The molecule has 2 aromatic heterocycles. The van der Waals surface area contributed by atoms with Crippen molar-refractivity contribution in [3.63, 3.8) is 0 Å². The standard InChI is InChI=1S/C23H26N4O3/c1-3-27-20-18(15-24-27)17(14-19(25-20)16-10-6-4-7-11-16)21(28)26-23(22(29)30-2)12-8-5-9-13-23/h4,6-7,10-11,14-15H,3,5,8-9,12-13H2,1-2H3,(H,26,28). The van der Waals surface area contributed by atoms with Crippen LogP contribution in [0.2, 0.25) is 0 Å². The van der Waals surface area contributed by atoms with Crippen molar-refractivity contribution >= 4 is 22.9 Å². The average molecular weight is 406 g/mol. The number of methoxy groups -OCH3 is 1. The molecule has 0 atom stereocenters. The minimum atomic E-state index is -0.979. The molecule has 1 aromatic carbocycles. The van der Waals surface area contributed by atoms with E-state index in [0.29, 0.717) is 41.7 Å². The molecule has 7 nitrogen and oxygen atoms in total. The van der Waals surface area contributed by atoms with E-state index in [1.54, 1.807) is 16.9 Å². The number of ether oxygens (including phenoxy) is 1. The minimum Gasteiger partial charge on any atom is -0.467 e. The molecule has 0 unspecified atom stereocenters. The van der Waals surface area contributed by atoms with Crippen LogP contribution in [0.15, 0.2) is 42.6 Å². The molecule has 1 saturated carbocycles. The second kappa shape index (κ2) is 8.26. The van der Waals surface area contributed by atoms with Gasteiger partial charge in [-0.25, -0.2) is 14.5 Å². The Bertz CT molecular complexity index is 1070. The Hall–Kier alpha value is -3.22. The van der Waals surface area contributed by atoms with Gasteiger partial charge in [-0.15, -0.1) is 0 Å². The van der Waals surface area contributed by atoms with Gasteiger partial charge in [0.15, 0.2) is 5.65 Å². The van der Waals surface area contributed by atoms with Crippen molar-refractivity contribution in [2.75, 3.05) is 7.11 Å². The number of esters is 1. The van der Waals surface area contributed by atoms with Gasteiger partial charge in [0.1, 0.15) is 5.54 Å². The lowest BCUT2D eigenvalue weighted by atomic mass is 9.81. The third-order valence-corrected chi connectivity index (χ3v) is 5.86. The van der Waals surface area contributed by atoms with Gasteiger partial charge in [0.2, 0.25) is 0 Å². The topological polar surface area (TPSA) is 86.1 Å². The molecule has 4 rings (SSSR count). The molecule has 1 N–H and O–H groups in total. The van der Waals surface area contributed by atoms with Crippen molar-refractivity contribution in [3.05, 3.63) is 48.2 Å². The summed E-state index contributed by atoms with van der Waals surface area (Å²) in [4.78, 5) is 30.8. The zero-order valence-electron chi connectivity index (χ0n) is 17.4. The number of nitrogens with one attached hydrogen (secondary N) is 1. The quantitative estimate of drug-likeness (QED) is 0.653. The number of aryl methyl sites for hydroxylation is 1. The van der Waals surface area contributed by atoms with E-state index >= 15 is 0 Å². The van der Waals surface area contributed by atoms with Gasteiger partial charge in [-0.1, -0.05) is 49.6 Å². The number of hydrogen-bond donors (Lipinski definition) is 1. The zero-order valence-corrected chi connectivity index (χ0v) is 17.4. The SMILES string of the molecule is CCn1ncc2c(C(=O)NC3(C(=O)OC)CCCCC3)cc(-c3ccccc3)nc21. The van der Waals surface area contributed by atoms with Gasteiger partial charge < -0.3 is 10.1 Å². The predicted octanol–water partition coefficient (Wildman–Crippen LogP) is 3.72. The summed E-state index contributed by atoms with van der Waals surface area (Å²) in [6.07, 6.45) is 5.64. The molecule has 1 amide bonds. The van der Waals surface area contributed by atoms with Crippen molar-refractivity contribution in [2.45, 2.75) is 51.1 Å². The summed E-state index contributed by atoms with van der Waals surface area (Å²) in [5.41, 5.74) is 1.75. The van der Waals surface area contributed by atoms with Crippen LogP contribution < -0.4 is 5.32 Å². The highest BCUT2D eigenvalue weighted by Crippen LogP contribution is 2.31. The molecule has 0 aliphatic heterocycles. The molecule has 156 valence electrons. The highest BCUT2D eigenvalue weighted by molar-refractivity contribution is 6.08. The van der Waals surface area contributed by atoms with Crippen LogP contribution in [0, 0.1) is 0 Å². The summed E-state index contributed by atoms with van der Waals surface area (Å²) in [6.45, 7) is 2.62. The molecule has 3 aromatic rings. The van der Waals surface area contributed by atoms with E-state index in [-0.39, 0.29) is 11.9 Å². The summed E-state index contributed by atoms with van der Waals surface area (Å²) in [5.74, 6) is -0.684. The van der Waals surface area contributed by atoms with Crippen LogP contribution in [0.3, 0.4) is 0 Å². The Morgan fingerprint density at radius 3 is 2.57 bits per heavy atom. The van der Waals surface area contributed by atoms with Gasteiger partial charge in [-0.05, 0) is 25.8 Å². The molecule has 2 heterocycles. The van der Waals surface area contributed by atoms with Crippen molar-refractivity contribution in [3.8, 4) is 11.3 Å². The summed E-state index contributed by atoms with van der Waals surface area (Å²) in [5, 5.41) is 8.08. The monoisotopic (exact) mass is 406 g/mol. The maximum atomic E-state index is 13.4. The number of hydrogen-bond acceptors (Lipinski definition) is 5. The Labute approximate surface area is 175 Å². The van der Waals surface area contributed by atoms with Crippen LogP contribution in [0.5, 0.6) is 0 Å². The maximum absolute atomic E-state index is 13.4. The largest absolute Gasteiger partial charge is 0.467 e. The van der Waals surface area contributed by atoms with Crippen LogP contribution in [-0.4, -0.2) is 39.3 Å². The fraction of sp³-hybridized carbons (Fsp3) is 0.391. The first-order chi connectivity index (χ1) is 14.6. The van der Waals surface area contributed by atoms with Gasteiger partial charge in [0.25, 0.3) is 5.91 Å². The molecule has 1 aliphatic carbocycles. The lowest BCUT2D eigenvalue weighted by Crippen LogP contribution is -2.56. The Kier molecular flexibility index (Phi) is 5.53. The maximum Gasteiger partial charge on any atom is 0.331 e. The lowest BCUT2D eigenvalue weighted by Gasteiger charge is -2.35. The molecule has 1 fully saturated rings. The second-order valence-electron chi connectivity index (χ2n) is 7.71. The lowest BCUT2D eigenvalue weighted by molar-refractivity contribution is -0.149. The van der Waals surface area contributed by atoms with E-state index in [4.69, 9.17) is 9.72 Å². The molecule has 0 radical (unpaired) electrons. The van der Waals surface area contributed by atoms with Crippen molar-refractivity contribution < 1.29 is 14.3 Å². The highest BCUT2D eigenvalue weighted by atomic mass is 16.5. The summed E-state index contributed by atoms with van der Waals surface area (Å²) in [7, 11) is 1.37. The molecule has 7 heteroatoms. The average Bonchev–Trinajstić information content (AvgIpc) is 3.22. The van der Waals surface area contributed by atoms with E-state index < -0.39 is 5.54 Å². The van der Waals surface area contributed by atoms with E-state index in [2.05, 4.69) is 10.4 Å². The Morgan fingerprint density at radius 1 is 1.17 bits per heavy atom. The zero-order chi connectivity index (χ0) is 21.1. The van der Waals surface area contributed by atoms with E-state index in [9.17, 15) is 9.59 Å². The van der Waals surface area contributed by atoms with Crippen molar-refractivity contribution in [2.24, 2.45) is 0 Å². The number of pyridine rings is 1. The van der Waals surface area contributed by atoms with Crippen LogP contribution >= 0.6 is 0 Å². The normalized spacial score (nSPS) is 15.7. The smallest absolute Gasteiger partial charge is 0.331 e. The first kappa shape index (κ1) is 20.1. The molecule has 0 spiro atoms. The van der Waals surface area contributed by atoms with Gasteiger partial charge in [-0.3, -0.25) is 4.79 Å². The first-order valence-electron chi connectivity index (χ1n) is 10.4. The minimum absolute atomic E-state index is 0.303. The van der Waals surface area contributed by atoms with Crippen molar-refractivity contribution in [1.82, 2.24) is 20.1 Å². The number of aromatic nitrogens is 3. The summed E-state index contributed by atoms with van der Waals surface area (Å²) in [6, 6.07) is 11.5. The van der Waals surface area contributed by atoms with Gasteiger partial charge in [-0.2, -0.15) is 5.10 Å². The number of benzene rings is 1. The van der Waals surface area contributed by atoms with E-state index in [1.165, 1.54) is 7.11 Å². The molecular weight excluding hydrogens is 380 g/mol. The van der Waals surface area contributed by atoms with Gasteiger partial charge >= 0.3 is 5.97 Å². The molecule has 1 aliphatic rings. The number of carbonyl (C=O) groups excluding carboxylic acids is 2. The third kappa shape index (κ3) is 3.56. The Balaban J connectivity index is 1.79. The third-order valence-electron chi connectivity index (χ3n) is 5.86. The molecular formula is C23H26N4O3. The van der Waals surface area contributed by atoms with E-state index in [0.717, 1.165) is 24.8 Å². The van der Waals surface area contributed by atoms with Crippen LogP contribution in [-0.2, 0) is 16.1 Å². The fourth-order valence-corrected chi connectivity index (χ4v) is 4.24. The number of nitrogens with zero attached hydrogens (tertiary/aromatic N) is 3. The molecule has 0 saturated heterocycles. The highest BCUT2D eigenvalue weighted by Gasteiger charge is 2.42. The van der Waals surface area contributed by atoms with Gasteiger partial charge in [0.05, 0.1) is 30.0 Å². The van der Waals surface area contributed by atoms with E-state index in [1.807, 2.05) is 37.3 Å². The predicted molar refractivity (Wildman–Crippen MR) is 114 cm³/mol. The van der Waals surface area contributed by atoms with Crippen LogP contribution in [0.25, 0.3) is 22.3 Å². The molecule has 30 heavy (non-hydrogen) atoms. The summed E-state index contributed by atoms with van der Waals surface area (Å²) >= 11 is 0. The number of amides is 1. The second-order valence-corrected chi connectivity index (χ2v) is 7.71. The summed E-state index contributed by atoms with van der Waals surface area (Å²) < 4.78 is 6.82. The first-order valence-corrected chi connectivity index (χ1v) is 10.4. The van der Waals surface area contributed by atoms with Crippen molar-refractivity contribution in [1.29, 1.82) is 0 Å². The fourth-order valence-electron chi connectivity index (χ4n) is 4.24. The number of rotatable bonds is 5. The molecule has 0 bridgehead atoms.